The third-order valence-electron chi connectivity index (χ3n) is 13.6. The fourth-order valence-corrected chi connectivity index (χ4v) is 10.6. The Hall–Kier alpha value is -8.12. The van der Waals surface area contributed by atoms with Crippen LogP contribution < -0.4 is 4.74 Å². The van der Waals surface area contributed by atoms with Gasteiger partial charge in [-0.1, -0.05) is 150 Å². The lowest BCUT2D eigenvalue weighted by molar-refractivity contribution is 0.435. The van der Waals surface area contributed by atoms with Crippen molar-refractivity contribution in [3.63, 3.8) is 0 Å². The molecule has 0 atom stereocenters. The van der Waals surface area contributed by atoms with E-state index < -0.39 is 0 Å². The molecule has 1 saturated carbocycles. The number of hydrogen-bond donors (Lipinski definition) is 0. The SMILES string of the molecule is C1=CC=C2CCCCC2=C(C2=CC=CC3=C=C2Oc2ccccc23)C=1.Cc1ccc2c(-c3ccc(-n4c5ccccc5c5cc(C)ccc54)cc3)c3ccccc3c(-c3ccccc3)c2c1. The first-order valence-electron chi connectivity index (χ1n) is 23.2. The lowest BCUT2D eigenvalue weighted by atomic mass is 9.84. The Morgan fingerprint density at radius 2 is 1.20 bits per heavy atom. The normalized spacial score (nSPS) is 14.9. The van der Waals surface area contributed by atoms with Crippen molar-refractivity contribution in [2.75, 3.05) is 0 Å². The summed E-state index contributed by atoms with van der Waals surface area (Å²) in [6.07, 6.45) is 17.5. The van der Waals surface area contributed by atoms with Crippen molar-refractivity contribution in [1.82, 2.24) is 4.57 Å². The molecular weight excluding hydrogens is 799 g/mol. The van der Waals surface area contributed by atoms with Gasteiger partial charge in [-0.05, 0) is 167 Å². The third-order valence-corrected chi connectivity index (χ3v) is 13.6. The van der Waals surface area contributed by atoms with Crippen LogP contribution >= 0.6 is 0 Å². The first-order valence-corrected chi connectivity index (χ1v) is 23.2. The zero-order chi connectivity index (χ0) is 44.1. The maximum atomic E-state index is 6.23. The topological polar surface area (TPSA) is 14.2 Å². The number of rotatable bonds is 4. The molecule has 9 aromatic rings. The van der Waals surface area contributed by atoms with Gasteiger partial charge in [0.2, 0.25) is 0 Å². The summed E-state index contributed by atoms with van der Waals surface area (Å²) in [5.41, 5.74) is 25.5. The minimum absolute atomic E-state index is 0.811. The molecule has 2 nitrogen and oxygen atoms in total. The highest BCUT2D eigenvalue weighted by atomic mass is 16.5. The van der Waals surface area contributed by atoms with Crippen molar-refractivity contribution in [2.24, 2.45) is 0 Å². The molecule has 1 aliphatic heterocycles. The Morgan fingerprint density at radius 3 is 2.03 bits per heavy atom. The van der Waals surface area contributed by atoms with Gasteiger partial charge in [0, 0.05) is 33.2 Å². The summed E-state index contributed by atoms with van der Waals surface area (Å²) in [7, 11) is 0. The average molecular weight is 846 g/mol. The highest BCUT2D eigenvalue weighted by Gasteiger charge is 2.25. The minimum Gasteiger partial charge on any atom is -0.448 e. The fourth-order valence-electron chi connectivity index (χ4n) is 10.6. The number of fused-ring (bicyclic) bond motifs is 8. The van der Waals surface area contributed by atoms with Crippen LogP contribution in [-0.4, -0.2) is 4.57 Å². The van der Waals surface area contributed by atoms with Gasteiger partial charge >= 0.3 is 0 Å². The lowest BCUT2D eigenvalue weighted by Crippen LogP contribution is -2.08. The zero-order valence-electron chi connectivity index (χ0n) is 37.2. The Morgan fingerprint density at radius 1 is 0.545 bits per heavy atom. The van der Waals surface area contributed by atoms with Crippen molar-refractivity contribution in [3.05, 3.63) is 256 Å². The van der Waals surface area contributed by atoms with Crippen LogP contribution in [0.5, 0.6) is 5.75 Å². The van der Waals surface area contributed by atoms with Crippen molar-refractivity contribution in [3.8, 4) is 33.7 Å². The van der Waals surface area contributed by atoms with E-state index in [0.29, 0.717) is 0 Å². The van der Waals surface area contributed by atoms with E-state index >= 15 is 0 Å². The summed E-state index contributed by atoms with van der Waals surface area (Å²) < 4.78 is 8.63. The highest BCUT2D eigenvalue weighted by Crippen LogP contribution is 2.45. The number of allylic oxidation sites excluding steroid dienone is 8. The number of aryl methyl sites for hydroxylation is 2. The van der Waals surface area contributed by atoms with Gasteiger partial charge in [0.15, 0.2) is 5.76 Å². The summed E-state index contributed by atoms with van der Waals surface area (Å²) in [5, 5.41) is 7.74. The average Bonchev–Trinajstić information content (AvgIpc) is 3.44. The second-order valence-corrected chi connectivity index (χ2v) is 17.8. The predicted molar refractivity (Wildman–Crippen MR) is 277 cm³/mol. The number of benzene rings is 8. The predicted octanol–water partition coefficient (Wildman–Crippen LogP) is 17.0. The van der Waals surface area contributed by atoms with Crippen LogP contribution in [0.15, 0.2) is 240 Å². The second-order valence-electron chi connectivity index (χ2n) is 17.8. The molecule has 0 radical (unpaired) electrons. The minimum atomic E-state index is 0.811. The van der Waals surface area contributed by atoms with Crippen LogP contribution in [0, 0.1) is 13.8 Å². The highest BCUT2D eigenvalue weighted by molar-refractivity contribution is 6.21. The Balaban J connectivity index is 0.000000156. The van der Waals surface area contributed by atoms with Crippen LogP contribution in [0.2, 0.25) is 0 Å². The Bertz CT molecular complexity index is 3740. The summed E-state index contributed by atoms with van der Waals surface area (Å²) in [6, 6.07) is 59.4. The number of aromatic nitrogens is 1. The van der Waals surface area contributed by atoms with Gasteiger partial charge in [-0.3, -0.25) is 0 Å². The van der Waals surface area contributed by atoms with E-state index in [9.17, 15) is 0 Å². The molecule has 0 amide bonds. The van der Waals surface area contributed by atoms with E-state index in [1.807, 2.05) is 24.3 Å². The maximum absolute atomic E-state index is 6.23. The second kappa shape index (κ2) is 16.5. The zero-order valence-corrected chi connectivity index (χ0v) is 37.2. The van der Waals surface area contributed by atoms with E-state index in [0.717, 1.165) is 41.1 Å². The number of para-hydroxylation sites is 2. The molecular formula is C64H47NO. The van der Waals surface area contributed by atoms with E-state index in [1.165, 1.54) is 112 Å². The number of nitrogens with zero attached hydrogens (tertiary/aromatic N) is 1. The van der Waals surface area contributed by atoms with Crippen LogP contribution in [0.1, 0.15) is 42.4 Å². The number of hydrogen-bond acceptors (Lipinski definition) is 1. The molecule has 3 aliphatic carbocycles. The number of ether oxygens (including phenoxy) is 1. The molecule has 0 spiro atoms. The van der Waals surface area contributed by atoms with Crippen LogP contribution in [-0.2, 0) is 0 Å². The van der Waals surface area contributed by atoms with Gasteiger partial charge in [-0.2, -0.15) is 0 Å². The molecule has 1 fully saturated rings. The fraction of sp³-hybridized carbons (Fsp3) is 0.0938. The smallest absolute Gasteiger partial charge is 0.178 e. The van der Waals surface area contributed by atoms with Crippen molar-refractivity contribution >= 4 is 48.9 Å². The first-order chi connectivity index (χ1) is 32.6. The van der Waals surface area contributed by atoms with E-state index in [4.69, 9.17) is 4.74 Å². The molecule has 0 unspecified atom stereocenters. The monoisotopic (exact) mass is 845 g/mol. The quantitative estimate of drug-likeness (QED) is 0.127. The summed E-state index contributed by atoms with van der Waals surface area (Å²) >= 11 is 0. The molecule has 2 bridgehead atoms. The van der Waals surface area contributed by atoms with Crippen molar-refractivity contribution in [2.45, 2.75) is 39.5 Å². The van der Waals surface area contributed by atoms with Crippen LogP contribution in [0.25, 0.3) is 76.9 Å². The van der Waals surface area contributed by atoms with Crippen LogP contribution in [0.3, 0.4) is 0 Å². The molecule has 2 heterocycles. The maximum Gasteiger partial charge on any atom is 0.178 e. The molecule has 0 N–H and O–H groups in total. The molecule has 2 heteroatoms. The largest absolute Gasteiger partial charge is 0.448 e. The van der Waals surface area contributed by atoms with E-state index in [1.54, 1.807) is 0 Å². The van der Waals surface area contributed by atoms with Gasteiger partial charge in [0.1, 0.15) is 5.75 Å². The van der Waals surface area contributed by atoms with E-state index in [2.05, 4.69) is 206 Å². The lowest BCUT2D eigenvalue weighted by Gasteiger charge is -2.23. The third kappa shape index (κ3) is 6.84. The van der Waals surface area contributed by atoms with Crippen molar-refractivity contribution in [1.29, 1.82) is 0 Å². The molecule has 66 heavy (non-hydrogen) atoms. The Labute approximate surface area is 386 Å². The Kier molecular flexibility index (Phi) is 9.84. The van der Waals surface area contributed by atoms with E-state index in [-0.39, 0.29) is 0 Å². The van der Waals surface area contributed by atoms with Gasteiger partial charge in [-0.15, -0.1) is 5.73 Å². The van der Waals surface area contributed by atoms with Crippen LogP contribution in [0.4, 0.5) is 0 Å². The molecule has 13 rings (SSSR count). The van der Waals surface area contributed by atoms with Gasteiger partial charge in [0.25, 0.3) is 0 Å². The van der Waals surface area contributed by atoms with Gasteiger partial charge < -0.3 is 9.30 Å². The molecule has 4 aliphatic rings. The summed E-state index contributed by atoms with van der Waals surface area (Å²) in [5.74, 6) is 1.72. The first kappa shape index (κ1) is 39.5. The van der Waals surface area contributed by atoms with Gasteiger partial charge in [-0.25, -0.2) is 0 Å². The molecule has 8 aromatic carbocycles. The van der Waals surface area contributed by atoms with Crippen molar-refractivity contribution < 1.29 is 4.74 Å². The van der Waals surface area contributed by atoms with Gasteiger partial charge in [0.05, 0.1) is 11.0 Å². The molecule has 314 valence electrons. The standard InChI is InChI=1S/C40H29N.C24H18O/c1-26-16-22-34-36(25-26)40(28-10-4-3-5-11-28)33-14-7-6-13-32(33)39(34)29-18-20-30(21-19-29)41-37-15-9-8-12-31(37)35-24-27(2)17-23-38(35)41;1-3-11-19-17(8-1)9-2-4-13-21(19)22-14-7-10-18-16-24(22)25-23-15-6-5-12-20(18)23/h3-25H,1-2H3;2,5-7,9-10,12-15H,1,3,8,11H2. The molecule has 1 aromatic heterocycles. The summed E-state index contributed by atoms with van der Waals surface area (Å²) in [6.45, 7) is 4.35. The molecule has 0 saturated heterocycles. The summed E-state index contributed by atoms with van der Waals surface area (Å²) in [4.78, 5) is 0.